The summed E-state index contributed by atoms with van der Waals surface area (Å²) in [6.45, 7) is 4.13. The highest BCUT2D eigenvalue weighted by Crippen LogP contribution is 2.33. The van der Waals surface area contributed by atoms with Crippen molar-refractivity contribution in [3.8, 4) is 0 Å². The molecule has 1 unspecified atom stereocenters. The second kappa shape index (κ2) is 9.54. The number of aromatic nitrogens is 1. The van der Waals surface area contributed by atoms with E-state index in [1.54, 1.807) is 11.8 Å². The Balaban J connectivity index is 1.43. The molecule has 3 N–H and O–H groups in total. The molecule has 1 saturated heterocycles. The van der Waals surface area contributed by atoms with Crippen LogP contribution in [-0.2, 0) is 20.4 Å². The van der Waals surface area contributed by atoms with Gasteiger partial charge in [0.15, 0.2) is 9.84 Å². The maximum atomic E-state index is 12.0. The molecule has 5 rings (SSSR count). The molecule has 1 amide bonds. The third kappa shape index (κ3) is 5.28. The molecule has 3 heterocycles. The Hall–Kier alpha value is -2.04. The minimum absolute atomic E-state index is 0.0293. The Labute approximate surface area is 205 Å². The van der Waals surface area contributed by atoms with Crippen molar-refractivity contribution in [3.05, 3.63) is 29.5 Å². The van der Waals surface area contributed by atoms with Crippen LogP contribution in [0.2, 0.25) is 0 Å². The van der Waals surface area contributed by atoms with E-state index in [1.807, 2.05) is 12.1 Å². The molecule has 1 aromatic carbocycles. The first-order chi connectivity index (χ1) is 16.2. The lowest BCUT2D eigenvalue weighted by Crippen LogP contribution is -2.53. The predicted molar refractivity (Wildman–Crippen MR) is 140 cm³/mol. The van der Waals surface area contributed by atoms with Crippen LogP contribution in [0.3, 0.4) is 0 Å². The first-order valence-electron chi connectivity index (χ1n) is 12.1. The molecular weight excluding hydrogens is 470 g/mol. The van der Waals surface area contributed by atoms with Crippen molar-refractivity contribution >= 4 is 49.1 Å². The zero-order valence-corrected chi connectivity index (χ0v) is 21.4. The monoisotopic (exact) mass is 503 g/mol. The van der Waals surface area contributed by atoms with Crippen molar-refractivity contribution in [1.82, 2.24) is 15.2 Å². The smallest absolute Gasteiger partial charge is 0.234 e. The van der Waals surface area contributed by atoms with E-state index in [4.69, 9.17) is 4.99 Å². The molecule has 3 aliphatic rings. The fourth-order valence-electron chi connectivity index (χ4n) is 5.24. The molecule has 34 heavy (non-hydrogen) atoms. The van der Waals surface area contributed by atoms with Crippen molar-refractivity contribution in [2.24, 2.45) is 4.99 Å². The van der Waals surface area contributed by atoms with Crippen LogP contribution in [0.15, 0.2) is 23.2 Å². The SMILES string of the molecule is CC([C@H]1CSC(c2cc3cc(CS(C)(=O)=O)cc(NC4CCCC4)c3[nH]2)=N1)N1CCNC(=O)C1. The molecule has 8 nitrogen and oxygen atoms in total. The number of amides is 1. The van der Waals surface area contributed by atoms with Gasteiger partial charge in [0.1, 0.15) is 5.04 Å². The molecule has 10 heteroatoms. The van der Waals surface area contributed by atoms with Crippen LogP contribution >= 0.6 is 11.8 Å². The van der Waals surface area contributed by atoms with Crippen molar-refractivity contribution in [3.63, 3.8) is 0 Å². The largest absolute Gasteiger partial charge is 0.381 e. The van der Waals surface area contributed by atoms with Gasteiger partial charge >= 0.3 is 0 Å². The van der Waals surface area contributed by atoms with Gasteiger partial charge in [-0.25, -0.2) is 8.42 Å². The molecule has 0 bridgehead atoms. The number of sulfone groups is 1. The standard InChI is InChI=1S/C24H33N5O3S2/c1-15(29-8-7-25-22(30)12-29)21-13-33-24(28-21)20-11-17-9-16(14-34(2,31)32)10-19(23(17)27-20)26-18-5-3-4-6-18/h9-11,15,18,21,26-27H,3-8,12-14H2,1-2H3,(H,25,30)/t15?,21-/m1/s1. The normalized spacial score (nSPS) is 23.3. The average molecular weight is 504 g/mol. The summed E-state index contributed by atoms with van der Waals surface area (Å²) in [6, 6.07) is 6.80. The molecular formula is C24H33N5O3S2. The molecule has 0 radical (unpaired) electrons. The number of rotatable bonds is 7. The molecule has 0 spiro atoms. The van der Waals surface area contributed by atoms with Crippen molar-refractivity contribution in [2.75, 3.05) is 37.0 Å². The lowest BCUT2D eigenvalue weighted by Gasteiger charge is -2.33. The summed E-state index contributed by atoms with van der Waals surface area (Å²) < 4.78 is 24.0. The van der Waals surface area contributed by atoms with E-state index in [1.165, 1.54) is 19.1 Å². The van der Waals surface area contributed by atoms with E-state index in [9.17, 15) is 13.2 Å². The molecule has 1 saturated carbocycles. The van der Waals surface area contributed by atoms with Crippen LogP contribution in [-0.4, -0.2) is 79.0 Å². The van der Waals surface area contributed by atoms with Gasteiger partial charge < -0.3 is 15.6 Å². The number of carbonyl (C=O) groups is 1. The van der Waals surface area contributed by atoms with Crippen molar-refractivity contribution in [1.29, 1.82) is 0 Å². The lowest BCUT2D eigenvalue weighted by atomic mass is 10.1. The number of nitrogens with zero attached hydrogens (tertiary/aromatic N) is 2. The van der Waals surface area contributed by atoms with Crippen LogP contribution in [0.5, 0.6) is 0 Å². The Morgan fingerprint density at radius 1 is 1.26 bits per heavy atom. The van der Waals surface area contributed by atoms with E-state index < -0.39 is 9.84 Å². The van der Waals surface area contributed by atoms with Crippen molar-refractivity contribution in [2.45, 2.75) is 56.5 Å². The molecule has 2 aliphatic heterocycles. The molecule has 2 fully saturated rings. The first-order valence-corrected chi connectivity index (χ1v) is 15.1. The predicted octanol–water partition coefficient (Wildman–Crippen LogP) is 2.75. The van der Waals surface area contributed by atoms with Gasteiger partial charge in [0.2, 0.25) is 5.91 Å². The maximum Gasteiger partial charge on any atom is 0.234 e. The third-order valence-corrected chi connectivity index (χ3v) is 9.00. The van der Waals surface area contributed by atoms with Crippen LogP contribution in [0, 0.1) is 0 Å². The van der Waals surface area contributed by atoms with Gasteiger partial charge in [0.05, 0.1) is 35.2 Å². The number of aromatic amines is 1. The highest BCUT2D eigenvalue weighted by Gasteiger charge is 2.31. The summed E-state index contributed by atoms with van der Waals surface area (Å²) in [4.78, 5) is 22.6. The van der Waals surface area contributed by atoms with Gasteiger partial charge in [-0.3, -0.25) is 14.7 Å². The fraction of sp³-hybridized carbons (Fsp3) is 0.583. The van der Waals surface area contributed by atoms with E-state index in [0.29, 0.717) is 19.1 Å². The summed E-state index contributed by atoms with van der Waals surface area (Å²) in [5.74, 6) is 0.994. The molecule has 2 atom stereocenters. The quantitative estimate of drug-likeness (QED) is 0.537. The Kier molecular flexibility index (Phi) is 6.65. The second-order valence-electron chi connectivity index (χ2n) is 9.86. The Morgan fingerprint density at radius 3 is 2.79 bits per heavy atom. The summed E-state index contributed by atoms with van der Waals surface area (Å²) in [5, 5.41) is 8.54. The molecule has 2 aromatic rings. The van der Waals surface area contributed by atoms with Gasteiger partial charge in [-0.2, -0.15) is 0 Å². The number of piperazine rings is 1. The maximum absolute atomic E-state index is 12.0. The number of hydrogen-bond donors (Lipinski definition) is 3. The van der Waals surface area contributed by atoms with Crippen LogP contribution in [0.25, 0.3) is 10.9 Å². The number of benzene rings is 1. The molecule has 1 aliphatic carbocycles. The summed E-state index contributed by atoms with van der Waals surface area (Å²) in [5.41, 5.74) is 3.75. The van der Waals surface area contributed by atoms with E-state index in [-0.39, 0.29) is 23.7 Å². The van der Waals surface area contributed by atoms with Gasteiger partial charge in [-0.15, -0.1) is 11.8 Å². The Bertz CT molecular complexity index is 1220. The zero-order chi connectivity index (χ0) is 23.9. The number of hydrogen-bond acceptors (Lipinski definition) is 7. The van der Waals surface area contributed by atoms with E-state index in [0.717, 1.165) is 58.0 Å². The number of thioether (sulfide) groups is 1. The van der Waals surface area contributed by atoms with Crippen molar-refractivity contribution < 1.29 is 13.2 Å². The summed E-state index contributed by atoms with van der Waals surface area (Å²) in [7, 11) is -3.13. The number of aliphatic imine (C=N–C) groups is 1. The lowest BCUT2D eigenvalue weighted by molar-refractivity contribution is -0.124. The zero-order valence-electron chi connectivity index (χ0n) is 19.8. The van der Waals surface area contributed by atoms with E-state index >= 15 is 0 Å². The summed E-state index contributed by atoms with van der Waals surface area (Å²) in [6.07, 6.45) is 6.02. The van der Waals surface area contributed by atoms with Gasteiger partial charge in [0, 0.05) is 42.6 Å². The number of carbonyl (C=O) groups excluding carboxylic acids is 1. The first kappa shape index (κ1) is 23.7. The van der Waals surface area contributed by atoms with E-state index in [2.05, 4.69) is 33.5 Å². The Morgan fingerprint density at radius 2 is 2.06 bits per heavy atom. The van der Waals surface area contributed by atoms with Gasteiger partial charge in [-0.1, -0.05) is 12.8 Å². The molecule has 184 valence electrons. The number of fused-ring (bicyclic) bond motifs is 1. The summed E-state index contributed by atoms with van der Waals surface area (Å²) >= 11 is 1.74. The highest BCUT2D eigenvalue weighted by atomic mass is 32.2. The third-order valence-electron chi connectivity index (χ3n) is 7.04. The fourth-order valence-corrected chi connectivity index (χ4v) is 7.17. The second-order valence-corrected chi connectivity index (χ2v) is 13.0. The highest BCUT2D eigenvalue weighted by molar-refractivity contribution is 8.14. The number of nitrogens with one attached hydrogen (secondary N) is 3. The van der Waals surface area contributed by atoms with Crippen LogP contribution in [0.1, 0.15) is 43.9 Å². The van der Waals surface area contributed by atoms with Gasteiger partial charge in [0.25, 0.3) is 0 Å². The number of anilines is 1. The van der Waals surface area contributed by atoms with Crippen LogP contribution < -0.4 is 10.6 Å². The topological polar surface area (TPSA) is 107 Å². The number of H-pyrrole nitrogens is 1. The molecule has 1 aromatic heterocycles. The van der Waals surface area contributed by atoms with Crippen LogP contribution in [0.4, 0.5) is 5.69 Å². The minimum Gasteiger partial charge on any atom is -0.381 e. The minimum atomic E-state index is -3.13. The van der Waals surface area contributed by atoms with Gasteiger partial charge in [-0.05, 0) is 43.5 Å². The average Bonchev–Trinajstić information content (AvgIpc) is 3.52.